The first-order chi connectivity index (χ1) is 21.3. The average Bonchev–Trinajstić information content (AvgIpc) is 3.06. The van der Waals surface area contributed by atoms with Crippen molar-refractivity contribution in [1.29, 1.82) is 5.26 Å². The van der Waals surface area contributed by atoms with Gasteiger partial charge in [0.05, 0.1) is 43.1 Å². The highest BCUT2D eigenvalue weighted by Crippen LogP contribution is 2.26. The molecule has 0 aliphatic carbocycles. The summed E-state index contributed by atoms with van der Waals surface area (Å²) in [5, 5.41) is 15.1. The Balaban J connectivity index is 1.63. The lowest BCUT2D eigenvalue weighted by Crippen LogP contribution is -2.37. The predicted molar refractivity (Wildman–Crippen MR) is 166 cm³/mol. The third-order valence-electron chi connectivity index (χ3n) is 7.61. The van der Waals surface area contributed by atoms with E-state index in [1.165, 1.54) is 28.8 Å². The van der Waals surface area contributed by atoms with Crippen LogP contribution >= 0.6 is 0 Å². The summed E-state index contributed by atoms with van der Waals surface area (Å²) < 4.78 is 20.6. The SMILES string of the molecule is CNC(C)C(=O)Nc1ccc(-c2cccc(C#N)c2)n(Cc2cc(C(=O)c3ccc(F)cc3)cc(N3CCOCC3)c2)c1=O. The molecule has 1 aliphatic rings. The zero-order valence-electron chi connectivity index (χ0n) is 24.5. The number of hydrogen-bond donors (Lipinski definition) is 2. The fourth-order valence-electron chi connectivity index (χ4n) is 5.05. The number of nitrogens with zero attached hydrogens (tertiary/aromatic N) is 3. The van der Waals surface area contributed by atoms with Crippen LogP contribution in [0.3, 0.4) is 0 Å². The van der Waals surface area contributed by atoms with E-state index in [4.69, 9.17) is 4.74 Å². The van der Waals surface area contributed by atoms with E-state index in [9.17, 15) is 24.0 Å². The molecule has 1 unspecified atom stereocenters. The van der Waals surface area contributed by atoms with Crippen molar-refractivity contribution in [2.45, 2.75) is 19.5 Å². The van der Waals surface area contributed by atoms with Gasteiger partial charge in [-0.3, -0.25) is 14.4 Å². The molecule has 2 N–H and O–H groups in total. The molecule has 4 aromatic rings. The third kappa shape index (κ3) is 6.75. The van der Waals surface area contributed by atoms with Gasteiger partial charge in [0.15, 0.2) is 5.78 Å². The lowest BCUT2D eigenvalue weighted by Gasteiger charge is -2.29. The molecular formula is C34H32FN5O4. The van der Waals surface area contributed by atoms with Crippen molar-refractivity contribution < 1.29 is 18.7 Å². The van der Waals surface area contributed by atoms with Crippen LogP contribution in [0.1, 0.15) is 34.0 Å². The molecule has 0 spiro atoms. The van der Waals surface area contributed by atoms with Gasteiger partial charge in [0.25, 0.3) is 5.56 Å². The molecule has 224 valence electrons. The second-order valence-electron chi connectivity index (χ2n) is 10.5. The van der Waals surface area contributed by atoms with Gasteiger partial charge in [0, 0.05) is 29.9 Å². The summed E-state index contributed by atoms with van der Waals surface area (Å²) >= 11 is 0. The van der Waals surface area contributed by atoms with E-state index in [0.717, 1.165) is 5.69 Å². The van der Waals surface area contributed by atoms with Crippen molar-refractivity contribution >= 4 is 23.1 Å². The van der Waals surface area contributed by atoms with Crippen LogP contribution in [0.5, 0.6) is 0 Å². The summed E-state index contributed by atoms with van der Waals surface area (Å²) in [6.45, 7) is 4.09. The normalized spacial score (nSPS) is 13.6. The number of halogens is 1. The summed E-state index contributed by atoms with van der Waals surface area (Å²) in [7, 11) is 1.65. The topological polar surface area (TPSA) is 116 Å². The molecule has 10 heteroatoms. The first-order valence-corrected chi connectivity index (χ1v) is 14.3. The zero-order valence-corrected chi connectivity index (χ0v) is 24.5. The summed E-state index contributed by atoms with van der Waals surface area (Å²) in [5.74, 6) is -1.08. The minimum Gasteiger partial charge on any atom is -0.378 e. The summed E-state index contributed by atoms with van der Waals surface area (Å²) in [6, 6.07) is 22.7. The maximum absolute atomic E-state index is 14.0. The van der Waals surface area contributed by atoms with Crippen molar-refractivity contribution in [3.8, 4) is 17.3 Å². The van der Waals surface area contributed by atoms with Crippen LogP contribution in [0.15, 0.2) is 83.7 Å². The number of aromatic nitrogens is 1. The van der Waals surface area contributed by atoms with Gasteiger partial charge in [0.1, 0.15) is 11.5 Å². The maximum Gasteiger partial charge on any atom is 0.275 e. The minimum atomic E-state index is -0.528. The zero-order chi connectivity index (χ0) is 31.2. The fourth-order valence-corrected chi connectivity index (χ4v) is 5.05. The van der Waals surface area contributed by atoms with Gasteiger partial charge < -0.3 is 24.8 Å². The Morgan fingerprint density at radius 1 is 1.00 bits per heavy atom. The molecule has 1 aromatic heterocycles. The molecule has 44 heavy (non-hydrogen) atoms. The number of nitrogens with one attached hydrogen (secondary N) is 2. The Kier molecular flexibility index (Phi) is 9.29. The van der Waals surface area contributed by atoms with Crippen LogP contribution in [0.2, 0.25) is 0 Å². The molecule has 1 saturated heterocycles. The van der Waals surface area contributed by atoms with Crippen molar-refractivity contribution in [1.82, 2.24) is 9.88 Å². The van der Waals surface area contributed by atoms with Crippen LogP contribution in [0.4, 0.5) is 15.8 Å². The molecule has 2 heterocycles. The molecule has 9 nitrogen and oxygen atoms in total. The van der Waals surface area contributed by atoms with Crippen molar-refractivity contribution in [3.05, 3.63) is 117 Å². The molecule has 0 radical (unpaired) electrons. The highest BCUT2D eigenvalue weighted by Gasteiger charge is 2.20. The van der Waals surface area contributed by atoms with Crippen LogP contribution in [-0.2, 0) is 16.1 Å². The van der Waals surface area contributed by atoms with Gasteiger partial charge >= 0.3 is 0 Å². The molecule has 5 rings (SSSR count). The largest absolute Gasteiger partial charge is 0.378 e. The molecule has 1 amide bonds. The van der Waals surface area contributed by atoms with Gasteiger partial charge in [-0.1, -0.05) is 12.1 Å². The van der Waals surface area contributed by atoms with E-state index in [1.54, 1.807) is 62.5 Å². The van der Waals surface area contributed by atoms with E-state index >= 15 is 0 Å². The fraction of sp³-hybridized carbons (Fsp3) is 0.235. The highest BCUT2D eigenvalue weighted by molar-refractivity contribution is 6.09. The highest BCUT2D eigenvalue weighted by atomic mass is 19.1. The van der Waals surface area contributed by atoms with Crippen molar-refractivity contribution in [2.75, 3.05) is 43.6 Å². The number of rotatable bonds is 9. The number of ether oxygens (including phenoxy) is 1. The second-order valence-corrected chi connectivity index (χ2v) is 10.5. The molecular weight excluding hydrogens is 561 g/mol. The standard InChI is InChI=1S/C34H32FN5O4/c1-22(37-2)33(42)38-30-10-11-31(26-5-3-4-23(16-26)20-36)40(34(30)43)21-24-17-27(32(41)25-6-8-28(35)9-7-25)19-29(18-24)39-12-14-44-15-13-39/h3-11,16-19,22,37H,12-15,21H2,1-2H3,(H,38,42). The van der Waals surface area contributed by atoms with Crippen LogP contribution < -0.4 is 21.1 Å². The molecule has 3 aromatic carbocycles. The minimum absolute atomic E-state index is 0.0676. The smallest absolute Gasteiger partial charge is 0.275 e. The molecule has 1 fully saturated rings. The van der Waals surface area contributed by atoms with Gasteiger partial charge in [-0.15, -0.1) is 0 Å². The van der Waals surface area contributed by atoms with Gasteiger partial charge in [-0.25, -0.2) is 4.39 Å². The van der Waals surface area contributed by atoms with E-state index in [-0.39, 0.29) is 23.9 Å². The number of carbonyl (C=O) groups is 2. The first kappa shape index (κ1) is 30.4. The number of carbonyl (C=O) groups excluding carboxylic acids is 2. The average molecular weight is 594 g/mol. The Morgan fingerprint density at radius 2 is 1.75 bits per heavy atom. The van der Waals surface area contributed by atoms with E-state index in [1.807, 2.05) is 6.07 Å². The van der Waals surface area contributed by atoms with E-state index < -0.39 is 17.4 Å². The van der Waals surface area contributed by atoms with Crippen molar-refractivity contribution in [2.24, 2.45) is 0 Å². The Hall–Kier alpha value is -5.11. The number of pyridine rings is 1. The van der Waals surface area contributed by atoms with Gasteiger partial charge in [0.2, 0.25) is 5.91 Å². The van der Waals surface area contributed by atoms with Crippen molar-refractivity contribution in [3.63, 3.8) is 0 Å². The number of anilines is 2. The molecule has 0 saturated carbocycles. The summed E-state index contributed by atoms with van der Waals surface area (Å²) in [4.78, 5) is 42.3. The van der Waals surface area contributed by atoms with Crippen LogP contribution in [0.25, 0.3) is 11.3 Å². The van der Waals surface area contributed by atoms with Crippen LogP contribution in [-0.4, -0.2) is 55.7 Å². The monoisotopic (exact) mass is 593 g/mol. The number of nitriles is 1. The number of amides is 1. The Morgan fingerprint density at radius 3 is 2.45 bits per heavy atom. The van der Waals surface area contributed by atoms with Gasteiger partial charge in [-0.2, -0.15) is 5.26 Å². The lowest BCUT2D eigenvalue weighted by molar-refractivity contribution is -0.117. The predicted octanol–water partition coefficient (Wildman–Crippen LogP) is 4.19. The van der Waals surface area contributed by atoms with E-state index in [2.05, 4.69) is 21.6 Å². The number of morpholine rings is 1. The quantitative estimate of drug-likeness (QED) is 0.280. The summed E-state index contributed by atoms with van der Waals surface area (Å²) in [6.07, 6.45) is 0. The lowest BCUT2D eigenvalue weighted by atomic mass is 9.99. The molecule has 1 atom stereocenters. The summed E-state index contributed by atoms with van der Waals surface area (Å²) in [5.41, 5.74) is 3.48. The number of ketones is 1. The second kappa shape index (κ2) is 13.5. The number of benzene rings is 3. The molecule has 1 aliphatic heterocycles. The Labute approximate surface area is 254 Å². The Bertz CT molecular complexity index is 1790. The molecule has 0 bridgehead atoms. The number of likely N-dealkylation sites (N-methyl/N-ethyl adjacent to an activating group) is 1. The van der Waals surface area contributed by atoms with Gasteiger partial charge in [-0.05, 0) is 91.8 Å². The third-order valence-corrected chi connectivity index (χ3v) is 7.61. The maximum atomic E-state index is 14.0. The van der Waals surface area contributed by atoms with Crippen LogP contribution in [0, 0.1) is 17.1 Å². The van der Waals surface area contributed by atoms with E-state index in [0.29, 0.717) is 59.8 Å². The number of hydrogen-bond acceptors (Lipinski definition) is 7. The first-order valence-electron chi connectivity index (χ1n) is 14.3.